The monoisotopic (exact) mass is 380 g/mol. The Balaban J connectivity index is 2.22. The predicted octanol–water partition coefficient (Wildman–Crippen LogP) is 4.04. The fraction of sp³-hybridized carbons (Fsp3) is 0.417. The smallest absolute Gasteiger partial charge is 0.242 e. The van der Waals surface area contributed by atoms with E-state index in [1.807, 2.05) is 56.3 Å². The Morgan fingerprint density at radius 3 is 2.36 bits per heavy atom. The number of amides is 2. The van der Waals surface area contributed by atoms with E-state index in [-0.39, 0.29) is 11.8 Å². The molecule has 0 aliphatic carbocycles. The van der Waals surface area contributed by atoms with Gasteiger partial charge in [0, 0.05) is 13.1 Å². The first-order chi connectivity index (χ1) is 13.3. The second kappa shape index (κ2) is 10.1. The average Bonchev–Trinajstić information content (AvgIpc) is 2.65. The maximum absolute atomic E-state index is 13.2. The van der Waals surface area contributed by atoms with E-state index in [1.54, 1.807) is 11.8 Å². The van der Waals surface area contributed by atoms with Crippen molar-refractivity contribution >= 4 is 11.8 Å². The first-order valence-electron chi connectivity index (χ1n) is 9.95. The summed E-state index contributed by atoms with van der Waals surface area (Å²) in [5.41, 5.74) is 4.25. The Labute approximate surface area is 169 Å². The van der Waals surface area contributed by atoms with Crippen molar-refractivity contribution in [2.45, 2.75) is 53.6 Å². The van der Waals surface area contributed by atoms with E-state index in [2.05, 4.69) is 25.2 Å². The van der Waals surface area contributed by atoms with Gasteiger partial charge in [0.15, 0.2) is 0 Å². The molecule has 0 heterocycles. The second-order valence-corrected chi connectivity index (χ2v) is 7.93. The van der Waals surface area contributed by atoms with Crippen LogP contribution < -0.4 is 5.32 Å². The van der Waals surface area contributed by atoms with Gasteiger partial charge in [-0.25, -0.2) is 0 Å². The molecule has 0 saturated carbocycles. The fourth-order valence-corrected chi connectivity index (χ4v) is 3.12. The van der Waals surface area contributed by atoms with E-state index < -0.39 is 6.04 Å². The minimum atomic E-state index is -0.532. The molecule has 4 nitrogen and oxygen atoms in total. The lowest BCUT2D eigenvalue weighted by atomic mass is 10.0. The van der Waals surface area contributed by atoms with Crippen molar-refractivity contribution < 1.29 is 9.59 Å². The molecule has 2 amide bonds. The van der Waals surface area contributed by atoms with E-state index in [4.69, 9.17) is 0 Å². The Morgan fingerprint density at radius 1 is 1.00 bits per heavy atom. The molecule has 0 aliphatic rings. The molecule has 2 rings (SSSR count). The first-order valence-corrected chi connectivity index (χ1v) is 9.95. The van der Waals surface area contributed by atoms with Gasteiger partial charge in [-0.3, -0.25) is 9.59 Å². The minimum absolute atomic E-state index is 0.0389. The van der Waals surface area contributed by atoms with Crippen molar-refractivity contribution in [2.24, 2.45) is 5.92 Å². The molecule has 0 aromatic heterocycles. The summed E-state index contributed by atoms with van der Waals surface area (Å²) in [5, 5.41) is 2.96. The van der Waals surface area contributed by atoms with Crippen molar-refractivity contribution in [2.75, 3.05) is 6.54 Å². The largest absolute Gasteiger partial charge is 0.354 e. The fourth-order valence-electron chi connectivity index (χ4n) is 3.12. The van der Waals surface area contributed by atoms with Crippen LogP contribution in [0.2, 0.25) is 0 Å². The summed E-state index contributed by atoms with van der Waals surface area (Å²) in [6.07, 6.45) is 0.292. The number of hydrogen-bond donors (Lipinski definition) is 1. The molecule has 0 aliphatic heterocycles. The lowest BCUT2D eigenvalue weighted by Crippen LogP contribution is -2.48. The predicted molar refractivity (Wildman–Crippen MR) is 114 cm³/mol. The maximum atomic E-state index is 13.2. The molecule has 2 aromatic carbocycles. The van der Waals surface area contributed by atoms with Gasteiger partial charge in [-0.15, -0.1) is 0 Å². The maximum Gasteiger partial charge on any atom is 0.242 e. The molecule has 150 valence electrons. The van der Waals surface area contributed by atoms with Crippen molar-refractivity contribution in [3.8, 4) is 0 Å². The topological polar surface area (TPSA) is 49.4 Å². The standard InChI is InChI=1S/C24H32N2O2/c1-17(2)15-25-24(28)20(5)26(16-21-11-8-9-18(3)13-21)23(27)14-22-12-7-6-10-19(22)4/h6-13,17,20H,14-16H2,1-5H3,(H,25,28). The van der Waals surface area contributed by atoms with Gasteiger partial charge >= 0.3 is 0 Å². The highest BCUT2D eigenvalue weighted by Gasteiger charge is 2.26. The summed E-state index contributed by atoms with van der Waals surface area (Å²) in [5.74, 6) is 0.214. The summed E-state index contributed by atoms with van der Waals surface area (Å²) < 4.78 is 0. The second-order valence-electron chi connectivity index (χ2n) is 7.93. The summed E-state index contributed by atoms with van der Waals surface area (Å²) in [6, 6.07) is 15.4. The number of nitrogens with one attached hydrogen (secondary N) is 1. The molecule has 4 heteroatoms. The molecule has 1 N–H and O–H groups in total. The number of nitrogens with zero attached hydrogens (tertiary/aromatic N) is 1. The third kappa shape index (κ3) is 6.22. The molecule has 0 bridgehead atoms. The number of carbonyl (C=O) groups excluding carboxylic acids is 2. The summed E-state index contributed by atoms with van der Waals surface area (Å²) >= 11 is 0. The molecule has 0 radical (unpaired) electrons. The van der Waals surface area contributed by atoms with E-state index in [0.717, 1.165) is 22.3 Å². The average molecular weight is 381 g/mol. The van der Waals surface area contributed by atoms with Crippen molar-refractivity contribution in [1.29, 1.82) is 0 Å². The third-order valence-electron chi connectivity index (χ3n) is 4.89. The lowest BCUT2D eigenvalue weighted by molar-refractivity contribution is -0.140. The normalized spacial score (nSPS) is 11.9. The zero-order valence-corrected chi connectivity index (χ0v) is 17.7. The van der Waals surface area contributed by atoms with E-state index in [1.165, 1.54) is 0 Å². The Bertz CT molecular complexity index is 814. The molecule has 0 fully saturated rings. The minimum Gasteiger partial charge on any atom is -0.354 e. The molecule has 2 aromatic rings. The molecular weight excluding hydrogens is 348 g/mol. The summed E-state index contributed by atoms with van der Waals surface area (Å²) in [6.45, 7) is 11.0. The highest BCUT2D eigenvalue weighted by atomic mass is 16.2. The van der Waals surface area contributed by atoms with Gasteiger partial charge < -0.3 is 10.2 Å². The molecule has 28 heavy (non-hydrogen) atoms. The van der Waals surface area contributed by atoms with Crippen LogP contribution in [0.5, 0.6) is 0 Å². The van der Waals surface area contributed by atoms with Gasteiger partial charge in [-0.05, 0) is 43.4 Å². The number of benzene rings is 2. The highest BCUT2D eigenvalue weighted by molar-refractivity contribution is 5.88. The van der Waals surface area contributed by atoms with Crippen LogP contribution in [0.25, 0.3) is 0 Å². The lowest BCUT2D eigenvalue weighted by Gasteiger charge is -2.29. The van der Waals surface area contributed by atoms with Crippen LogP contribution in [-0.4, -0.2) is 29.3 Å². The van der Waals surface area contributed by atoms with Crippen molar-refractivity contribution in [3.05, 3.63) is 70.8 Å². The van der Waals surface area contributed by atoms with Gasteiger partial charge in [0.2, 0.25) is 11.8 Å². The van der Waals surface area contributed by atoms with Crippen LogP contribution in [-0.2, 0) is 22.6 Å². The van der Waals surface area contributed by atoms with Crippen LogP contribution in [0, 0.1) is 19.8 Å². The third-order valence-corrected chi connectivity index (χ3v) is 4.89. The SMILES string of the molecule is Cc1cccc(CN(C(=O)Cc2ccccc2C)C(C)C(=O)NCC(C)C)c1. The number of hydrogen-bond acceptors (Lipinski definition) is 2. The zero-order chi connectivity index (χ0) is 20.7. The van der Waals surface area contributed by atoms with Gasteiger partial charge in [-0.1, -0.05) is 67.9 Å². The van der Waals surface area contributed by atoms with E-state index >= 15 is 0 Å². The number of aryl methyl sites for hydroxylation is 2. The van der Waals surface area contributed by atoms with Crippen LogP contribution in [0.15, 0.2) is 48.5 Å². The Kier molecular flexibility index (Phi) is 7.80. The van der Waals surface area contributed by atoms with E-state index in [9.17, 15) is 9.59 Å². The van der Waals surface area contributed by atoms with Crippen LogP contribution in [0.4, 0.5) is 0 Å². The Hall–Kier alpha value is -2.62. The van der Waals surface area contributed by atoms with Crippen LogP contribution in [0.1, 0.15) is 43.0 Å². The van der Waals surface area contributed by atoms with E-state index in [0.29, 0.717) is 25.4 Å². The highest BCUT2D eigenvalue weighted by Crippen LogP contribution is 2.15. The zero-order valence-electron chi connectivity index (χ0n) is 17.7. The van der Waals surface area contributed by atoms with Gasteiger partial charge in [0.1, 0.15) is 6.04 Å². The van der Waals surface area contributed by atoms with Crippen molar-refractivity contribution in [3.63, 3.8) is 0 Å². The van der Waals surface area contributed by atoms with Crippen molar-refractivity contribution in [1.82, 2.24) is 10.2 Å². The molecule has 1 unspecified atom stereocenters. The van der Waals surface area contributed by atoms with Crippen LogP contribution in [0.3, 0.4) is 0 Å². The number of rotatable bonds is 8. The molecule has 0 saturated heterocycles. The molecule has 0 spiro atoms. The van der Waals surface area contributed by atoms with Gasteiger partial charge in [0.25, 0.3) is 0 Å². The quantitative estimate of drug-likeness (QED) is 0.751. The van der Waals surface area contributed by atoms with Crippen LogP contribution >= 0.6 is 0 Å². The van der Waals surface area contributed by atoms with Gasteiger partial charge in [-0.2, -0.15) is 0 Å². The first kappa shape index (κ1) is 21.7. The summed E-state index contributed by atoms with van der Waals surface area (Å²) in [7, 11) is 0. The molecular formula is C24H32N2O2. The molecule has 1 atom stereocenters. The number of carbonyl (C=O) groups is 2. The Morgan fingerprint density at radius 2 is 1.71 bits per heavy atom. The summed E-state index contributed by atoms with van der Waals surface area (Å²) in [4.78, 5) is 27.5. The van der Waals surface area contributed by atoms with Gasteiger partial charge in [0.05, 0.1) is 6.42 Å².